The van der Waals surface area contributed by atoms with Gasteiger partial charge in [-0.3, -0.25) is 0 Å². The highest BCUT2D eigenvalue weighted by Gasteiger charge is 2.23. The maximum absolute atomic E-state index is 6.05. The zero-order chi connectivity index (χ0) is 15.6. The molecule has 1 saturated carbocycles. The molecule has 23 heavy (non-hydrogen) atoms. The van der Waals surface area contributed by atoms with Crippen LogP contribution in [-0.2, 0) is 6.42 Å². The van der Waals surface area contributed by atoms with Crippen LogP contribution in [0, 0.1) is 5.92 Å². The fourth-order valence-corrected chi connectivity index (χ4v) is 4.00. The SMILES string of the molecule is Clc1ccc2nc(CC3CCC(c4ccccc4)CC3)[nH]c2c1. The molecule has 4 rings (SSSR count). The second-order valence-corrected chi connectivity index (χ2v) is 7.11. The van der Waals surface area contributed by atoms with Crippen LogP contribution in [0.5, 0.6) is 0 Å². The summed E-state index contributed by atoms with van der Waals surface area (Å²) in [6, 6.07) is 16.8. The molecule has 3 heteroatoms. The third kappa shape index (κ3) is 3.28. The van der Waals surface area contributed by atoms with Crippen LogP contribution < -0.4 is 0 Å². The minimum absolute atomic E-state index is 0.738. The van der Waals surface area contributed by atoms with Crippen molar-refractivity contribution in [3.63, 3.8) is 0 Å². The van der Waals surface area contributed by atoms with E-state index < -0.39 is 0 Å². The summed E-state index contributed by atoms with van der Waals surface area (Å²) in [7, 11) is 0. The molecule has 1 fully saturated rings. The third-order valence-corrected chi connectivity index (χ3v) is 5.33. The number of fused-ring (bicyclic) bond motifs is 1. The number of benzene rings is 2. The molecule has 0 bridgehead atoms. The standard InChI is InChI=1S/C20H21ClN2/c21-17-10-11-18-19(13-17)23-20(22-18)12-14-6-8-16(9-7-14)15-4-2-1-3-5-15/h1-5,10-11,13-14,16H,6-9,12H2,(H,22,23). The molecule has 0 saturated heterocycles. The molecule has 2 nitrogen and oxygen atoms in total. The van der Waals surface area contributed by atoms with Crippen molar-refractivity contribution in [3.8, 4) is 0 Å². The summed E-state index contributed by atoms with van der Waals surface area (Å²) >= 11 is 6.05. The number of halogens is 1. The first kappa shape index (κ1) is 14.8. The van der Waals surface area contributed by atoms with Gasteiger partial charge in [0.1, 0.15) is 5.82 Å². The molecule has 0 atom stereocenters. The van der Waals surface area contributed by atoms with Gasteiger partial charge < -0.3 is 4.98 Å². The predicted molar refractivity (Wildman–Crippen MR) is 95.9 cm³/mol. The van der Waals surface area contributed by atoms with E-state index in [1.165, 1.54) is 31.2 Å². The van der Waals surface area contributed by atoms with Crippen LogP contribution in [0.2, 0.25) is 5.02 Å². The minimum Gasteiger partial charge on any atom is -0.342 e. The van der Waals surface area contributed by atoms with Crippen molar-refractivity contribution in [1.29, 1.82) is 0 Å². The summed E-state index contributed by atoms with van der Waals surface area (Å²) in [4.78, 5) is 8.14. The molecular weight excluding hydrogens is 304 g/mol. The highest BCUT2D eigenvalue weighted by molar-refractivity contribution is 6.31. The second-order valence-electron chi connectivity index (χ2n) is 6.68. The molecule has 1 aromatic heterocycles. The van der Waals surface area contributed by atoms with Crippen molar-refractivity contribution in [1.82, 2.24) is 9.97 Å². The van der Waals surface area contributed by atoms with Crippen LogP contribution in [0.15, 0.2) is 48.5 Å². The average molecular weight is 325 g/mol. The Bertz CT molecular complexity index is 786. The number of hydrogen-bond acceptors (Lipinski definition) is 1. The van der Waals surface area contributed by atoms with Crippen molar-refractivity contribution < 1.29 is 0 Å². The molecule has 1 aliphatic rings. The summed E-state index contributed by atoms with van der Waals surface area (Å²) in [5.41, 5.74) is 3.57. The lowest BCUT2D eigenvalue weighted by atomic mass is 9.77. The van der Waals surface area contributed by atoms with Crippen molar-refractivity contribution in [3.05, 3.63) is 64.9 Å². The number of hydrogen-bond donors (Lipinski definition) is 1. The molecule has 0 amide bonds. The maximum Gasteiger partial charge on any atom is 0.107 e. The Balaban J connectivity index is 1.40. The van der Waals surface area contributed by atoms with E-state index in [1.54, 1.807) is 0 Å². The van der Waals surface area contributed by atoms with Gasteiger partial charge in [-0.05, 0) is 61.3 Å². The lowest BCUT2D eigenvalue weighted by Gasteiger charge is -2.28. The van der Waals surface area contributed by atoms with Gasteiger partial charge in [-0.1, -0.05) is 41.9 Å². The number of nitrogens with zero attached hydrogens (tertiary/aromatic N) is 1. The smallest absolute Gasteiger partial charge is 0.107 e. The fraction of sp³-hybridized carbons (Fsp3) is 0.350. The van der Waals surface area contributed by atoms with Crippen LogP contribution in [0.25, 0.3) is 11.0 Å². The Morgan fingerprint density at radius 1 is 1.00 bits per heavy atom. The van der Waals surface area contributed by atoms with Crippen molar-refractivity contribution in [2.75, 3.05) is 0 Å². The average Bonchev–Trinajstić information content (AvgIpc) is 2.97. The number of nitrogens with one attached hydrogen (secondary N) is 1. The molecule has 2 aromatic carbocycles. The summed E-state index contributed by atoms with van der Waals surface area (Å²) in [5, 5.41) is 0.760. The number of imidazole rings is 1. The van der Waals surface area contributed by atoms with E-state index in [2.05, 4.69) is 35.3 Å². The van der Waals surface area contributed by atoms with Crippen molar-refractivity contribution in [2.24, 2.45) is 5.92 Å². The van der Waals surface area contributed by atoms with Gasteiger partial charge in [0.2, 0.25) is 0 Å². The van der Waals surface area contributed by atoms with E-state index >= 15 is 0 Å². The summed E-state index contributed by atoms with van der Waals surface area (Å²) < 4.78 is 0. The quantitative estimate of drug-likeness (QED) is 0.654. The van der Waals surface area contributed by atoms with Crippen LogP contribution in [0.1, 0.15) is 43.0 Å². The molecule has 1 N–H and O–H groups in total. The fourth-order valence-electron chi connectivity index (χ4n) is 3.83. The monoisotopic (exact) mass is 324 g/mol. The van der Waals surface area contributed by atoms with Gasteiger partial charge >= 0.3 is 0 Å². The Kier molecular flexibility index (Phi) is 4.09. The van der Waals surface area contributed by atoms with Gasteiger partial charge in [0.15, 0.2) is 0 Å². The Labute approximate surface area is 141 Å². The predicted octanol–water partition coefficient (Wildman–Crippen LogP) is 5.73. The van der Waals surface area contributed by atoms with E-state index in [0.29, 0.717) is 0 Å². The Hall–Kier alpha value is -1.80. The lowest BCUT2D eigenvalue weighted by Crippen LogP contribution is -2.15. The summed E-state index contributed by atoms with van der Waals surface area (Å²) in [5.74, 6) is 2.58. The second kappa shape index (κ2) is 6.37. The van der Waals surface area contributed by atoms with Crippen LogP contribution in [0.4, 0.5) is 0 Å². The molecule has 0 spiro atoms. The van der Waals surface area contributed by atoms with Crippen molar-refractivity contribution >= 4 is 22.6 Å². The van der Waals surface area contributed by atoms with E-state index in [0.717, 1.165) is 40.1 Å². The summed E-state index contributed by atoms with van der Waals surface area (Å²) in [6.07, 6.45) is 6.21. The van der Waals surface area contributed by atoms with E-state index in [4.69, 9.17) is 16.6 Å². The van der Waals surface area contributed by atoms with E-state index in [1.807, 2.05) is 18.2 Å². The molecule has 0 unspecified atom stereocenters. The molecule has 0 aliphatic heterocycles. The Morgan fingerprint density at radius 2 is 1.78 bits per heavy atom. The highest BCUT2D eigenvalue weighted by atomic mass is 35.5. The number of aromatic amines is 1. The first-order valence-electron chi connectivity index (χ1n) is 8.47. The normalized spacial score (nSPS) is 21.6. The number of aromatic nitrogens is 2. The van der Waals surface area contributed by atoms with Gasteiger partial charge in [0.25, 0.3) is 0 Å². The molecule has 118 valence electrons. The maximum atomic E-state index is 6.05. The van der Waals surface area contributed by atoms with Crippen LogP contribution >= 0.6 is 11.6 Å². The van der Waals surface area contributed by atoms with E-state index in [9.17, 15) is 0 Å². The zero-order valence-electron chi connectivity index (χ0n) is 13.1. The number of rotatable bonds is 3. The van der Waals surface area contributed by atoms with Crippen molar-refractivity contribution in [2.45, 2.75) is 38.0 Å². The molecule has 1 heterocycles. The van der Waals surface area contributed by atoms with E-state index in [-0.39, 0.29) is 0 Å². The highest BCUT2D eigenvalue weighted by Crippen LogP contribution is 2.36. The molecule has 0 radical (unpaired) electrons. The minimum atomic E-state index is 0.738. The van der Waals surface area contributed by atoms with Gasteiger partial charge in [-0.2, -0.15) is 0 Å². The van der Waals surface area contributed by atoms with Crippen LogP contribution in [-0.4, -0.2) is 9.97 Å². The van der Waals surface area contributed by atoms with Gasteiger partial charge in [-0.25, -0.2) is 4.98 Å². The Morgan fingerprint density at radius 3 is 2.57 bits per heavy atom. The van der Waals surface area contributed by atoms with Crippen LogP contribution in [0.3, 0.4) is 0 Å². The van der Waals surface area contributed by atoms with Gasteiger partial charge in [0, 0.05) is 11.4 Å². The van der Waals surface area contributed by atoms with Gasteiger partial charge in [-0.15, -0.1) is 0 Å². The summed E-state index contributed by atoms with van der Waals surface area (Å²) in [6.45, 7) is 0. The van der Waals surface area contributed by atoms with Gasteiger partial charge in [0.05, 0.1) is 11.0 Å². The largest absolute Gasteiger partial charge is 0.342 e. The topological polar surface area (TPSA) is 28.7 Å². The third-order valence-electron chi connectivity index (χ3n) is 5.09. The zero-order valence-corrected chi connectivity index (χ0v) is 13.9. The lowest BCUT2D eigenvalue weighted by molar-refractivity contribution is 0.321. The molecule has 1 aliphatic carbocycles. The number of H-pyrrole nitrogens is 1. The first-order chi connectivity index (χ1) is 11.3. The molecular formula is C20H21ClN2. The molecule has 3 aromatic rings. The first-order valence-corrected chi connectivity index (χ1v) is 8.85.